The van der Waals surface area contributed by atoms with Crippen LogP contribution in [-0.4, -0.2) is 10.8 Å². The van der Waals surface area contributed by atoms with Crippen LogP contribution in [0.1, 0.15) is 28.0 Å². The van der Waals surface area contributed by atoms with Gasteiger partial charge < -0.3 is 4.42 Å². The Labute approximate surface area is 91.8 Å². The highest BCUT2D eigenvalue weighted by atomic mass is 32.1. The molecule has 0 aliphatic carbocycles. The van der Waals surface area contributed by atoms with Crippen LogP contribution in [0, 0.1) is 13.8 Å². The number of nitrogens with zero attached hydrogens (tertiary/aromatic N) is 1. The Morgan fingerprint density at radius 1 is 1.47 bits per heavy atom. The second-order valence-corrected chi connectivity index (χ2v) is 4.38. The summed E-state index contributed by atoms with van der Waals surface area (Å²) in [6.45, 7) is 5.30. The van der Waals surface area contributed by atoms with E-state index in [0.717, 1.165) is 26.9 Å². The van der Waals surface area contributed by atoms with Gasteiger partial charge in [0, 0.05) is 6.92 Å². The number of furan rings is 1. The van der Waals surface area contributed by atoms with Crippen LogP contribution >= 0.6 is 11.3 Å². The Bertz CT molecular complexity index is 510. The zero-order chi connectivity index (χ0) is 11.0. The predicted octanol–water partition coefficient (Wildman–Crippen LogP) is 3.22. The van der Waals surface area contributed by atoms with E-state index in [2.05, 4.69) is 4.98 Å². The van der Waals surface area contributed by atoms with Crippen molar-refractivity contribution in [3.63, 3.8) is 0 Å². The van der Waals surface area contributed by atoms with Crippen LogP contribution in [0.4, 0.5) is 0 Å². The van der Waals surface area contributed by atoms with Crippen molar-refractivity contribution in [3.8, 4) is 10.6 Å². The summed E-state index contributed by atoms with van der Waals surface area (Å²) < 4.78 is 5.21. The van der Waals surface area contributed by atoms with Crippen molar-refractivity contribution in [1.82, 2.24) is 4.98 Å². The van der Waals surface area contributed by atoms with E-state index in [1.165, 1.54) is 11.3 Å². The van der Waals surface area contributed by atoms with Gasteiger partial charge in [0.25, 0.3) is 0 Å². The fraction of sp³-hybridized carbons (Fsp3) is 0.273. The summed E-state index contributed by atoms with van der Waals surface area (Å²) in [5.41, 5.74) is 1.76. The number of carbonyl (C=O) groups excluding carboxylic acids is 1. The summed E-state index contributed by atoms with van der Waals surface area (Å²) in [5, 5.41) is 0.851. The summed E-state index contributed by atoms with van der Waals surface area (Å²) in [6, 6.07) is 1.87. The summed E-state index contributed by atoms with van der Waals surface area (Å²) in [6.07, 6.45) is 1.63. The molecule has 2 aromatic rings. The van der Waals surface area contributed by atoms with E-state index in [-0.39, 0.29) is 5.78 Å². The molecule has 0 amide bonds. The second kappa shape index (κ2) is 3.62. The highest BCUT2D eigenvalue weighted by Gasteiger charge is 2.14. The Morgan fingerprint density at radius 2 is 2.20 bits per heavy atom. The SMILES string of the molecule is CC(=O)c1sc(-c2ccoc2C)nc1C. The monoisotopic (exact) mass is 221 g/mol. The minimum atomic E-state index is 0.0670. The van der Waals surface area contributed by atoms with Crippen molar-refractivity contribution in [1.29, 1.82) is 0 Å². The van der Waals surface area contributed by atoms with Gasteiger partial charge in [-0.15, -0.1) is 11.3 Å². The molecule has 4 heteroatoms. The van der Waals surface area contributed by atoms with Crippen LogP contribution in [0.3, 0.4) is 0 Å². The number of aryl methyl sites for hydroxylation is 2. The first-order valence-electron chi connectivity index (χ1n) is 4.62. The lowest BCUT2D eigenvalue weighted by molar-refractivity contribution is 0.102. The zero-order valence-electron chi connectivity index (χ0n) is 8.83. The molecule has 15 heavy (non-hydrogen) atoms. The molecule has 0 radical (unpaired) electrons. The van der Waals surface area contributed by atoms with Gasteiger partial charge in [0.1, 0.15) is 10.8 Å². The Kier molecular flexibility index (Phi) is 2.44. The topological polar surface area (TPSA) is 43.1 Å². The number of ketones is 1. The van der Waals surface area contributed by atoms with E-state index in [4.69, 9.17) is 4.42 Å². The standard InChI is InChI=1S/C11H11NO2S/c1-6-10(7(2)13)15-11(12-6)9-4-5-14-8(9)3/h4-5H,1-3H3. The van der Waals surface area contributed by atoms with Gasteiger partial charge in [-0.1, -0.05) is 0 Å². The minimum absolute atomic E-state index is 0.0670. The Balaban J connectivity index is 2.52. The molecule has 2 heterocycles. The highest BCUT2D eigenvalue weighted by Crippen LogP contribution is 2.30. The molecule has 0 N–H and O–H groups in total. The first kappa shape index (κ1) is 10.1. The minimum Gasteiger partial charge on any atom is -0.469 e. The number of carbonyl (C=O) groups is 1. The number of aromatic nitrogens is 1. The molecule has 0 spiro atoms. The number of thiazole rings is 1. The molecule has 3 nitrogen and oxygen atoms in total. The molecule has 0 saturated heterocycles. The van der Waals surface area contributed by atoms with Crippen molar-refractivity contribution < 1.29 is 9.21 Å². The summed E-state index contributed by atoms with van der Waals surface area (Å²) in [7, 11) is 0. The van der Waals surface area contributed by atoms with Crippen molar-refractivity contribution in [2.45, 2.75) is 20.8 Å². The lowest BCUT2D eigenvalue weighted by Crippen LogP contribution is -1.89. The lowest BCUT2D eigenvalue weighted by atomic mass is 10.3. The van der Waals surface area contributed by atoms with Crippen molar-refractivity contribution in [2.75, 3.05) is 0 Å². The van der Waals surface area contributed by atoms with E-state index < -0.39 is 0 Å². The molecule has 0 saturated carbocycles. The van der Waals surface area contributed by atoms with Crippen LogP contribution in [0.5, 0.6) is 0 Å². The normalized spacial score (nSPS) is 10.6. The third kappa shape index (κ3) is 1.72. The smallest absolute Gasteiger partial charge is 0.171 e. The molecule has 0 atom stereocenters. The average molecular weight is 221 g/mol. The van der Waals surface area contributed by atoms with Gasteiger partial charge in [-0.05, 0) is 19.9 Å². The molecule has 78 valence electrons. The average Bonchev–Trinajstić information content (AvgIpc) is 2.71. The van der Waals surface area contributed by atoms with E-state index in [9.17, 15) is 4.79 Å². The molecule has 2 rings (SSSR count). The maximum atomic E-state index is 11.3. The van der Waals surface area contributed by atoms with Crippen LogP contribution in [-0.2, 0) is 0 Å². The Morgan fingerprint density at radius 3 is 2.67 bits per heavy atom. The molecular weight excluding hydrogens is 210 g/mol. The number of hydrogen-bond donors (Lipinski definition) is 0. The Hall–Kier alpha value is -1.42. The summed E-state index contributed by atoms with van der Waals surface area (Å²) in [4.78, 5) is 16.4. The van der Waals surface area contributed by atoms with Crippen LogP contribution < -0.4 is 0 Å². The summed E-state index contributed by atoms with van der Waals surface area (Å²) in [5.74, 6) is 0.899. The lowest BCUT2D eigenvalue weighted by Gasteiger charge is -1.89. The maximum absolute atomic E-state index is 11.3. The fourth-order valence-electron chi connectivity index (χ4n) is 1.45. The van der Waals surface area contributed by atoms with Gasteiger partial charge >= 0.3 is 0 Å². The maximum Gasteiger partial charge on any atom is 0.171 e. The van der Waals surface area contributed by atoms with E-state index >= 15 is 0 Å². The first-order valence-corrected chi connectivity index (χ1v) is 5.44. The van der Waals surface area contributed by atoms with Gasteiger partial charge in [-0.25, -0.2) is 4.98 Å². The third-order valence-corrected chi connectivity index (χ3v) is 3.50. The zero-order valence-corrected chi connectivity index (χ0v) is 9.64. The van der Waals surface area contributed by atoms with Crippen molar-refractivity contribution in [2.24, 2.45) is 0 Å². The number of Topliss-reactive ketones (excluding diaryl/α,β-unsaturated/α-hetero) is 1. The number of hydrogen-bond acceptors (Lipinski definition) is 4. The predicted molar refractivity (Wildman–Crippen MR) is 59.3 cm³/mol. The van der Waals surface area contributed by atoms with Gasteiger partial charge in [0.2, 0.25) is 0 Å². The fourth-order valence-corrected chi connectivity index (χ4v) is 2.48. The summed E-state index contributed by atoms with van der Waals surface area (Å²) >= 11 is 1.42. The molecule has 0 aliphatic heterocycles. The molecular formula is C11H11NO2S. The molecule has 0 aromatic carbocycles. The molecule has 2 aromatic heterocycles. The van der Waals surface area contributed by atoms with Crippen LogP contribution in [0.15, 0.2) is 16.7 Å². The van der Waals surface area contributed by atoms with E-state index in [0.29, 0.717) is 0 Å². The van der Waals surface area contributed by atoms with Gasteiger partial charge in [-0.2, -0.15) is 0 Å². The number of rotatable bonds is 2. The van der Waals surface area contributed by atoms with Crippen molar-refractivity contribution in [3.05, 3.63) is 28.7 Å². The van der Waals surface area contributed by atoms with E-state index in [1.54, 1.807) is 13.2 Å². The van der Waals surface area contributed by atoms with Gasteiger partial charge in [0.05, 0.1) is 22.4 Å². The van der Waals surface area contributed by atoms with Gasteiger partial charge in [0.15, 0.2) is 5.78 Å². The van der Waals surface area contributed by atoms with E-state index in [1.807, 2.05) is 19.9 Å². The molecule has 0 unspecified atom stereocenters. The quantitative estimate of drug-likeness (QED) is 0.731. The van der Waals surface area contributed by atoms with Crippen molar-refractivity contribution >= 4 is 17.1 Å². The largest absolute Gasteiger partial charge is 0.469 e. The second-order valence-electron chi connectivity index (χ2n) is 3.38. The molecule has 0 bridgehead atoms. The highest BCUT2D eigenvalue weighted by molar-refractivity contribution is 7.17. The molecule has 0 aliphatic rings. The molecule has 0 fully saturated rings. The van der Waals surface area contributed by atoms with Gasteiger partial charge in [-0.3, -0.25) is 4.79 Å². The third-order valence-electron chi connectivity index (χ3n) is 2.21. The first-order chi connectivity index (χ1) is 7.09. The van der Waals surface area contributed by atoms with Crippen LogP contribution in [0.25, 0.3) is 10.6 Å². The van der Waals surface area contributed by atoms with Crippen LogP contribution in [0.2, 0.25) is 0 Å².